The summed E-state index contributed by atoms with van der Waals surface area (Å²) in [6, 6.07) is 8.06. The van der Waals surface area contributed by atoms with Crippen molar-refractivity contribution in [2.45, 2.75) is 4.90 Å². The summed E-state index contributed by atoms with van der Waals surface area (Å²) in [5.74, 6) is 0. The van der Waals surface area contributed by atoms with Crippen molar-refractivity contribution in [3.05, 3.63) is 36.4 Å². The van der Waals surface area contributed by atoms with E-state index in [1.165, 1.54) is 16.8 Å². The predicted octanol–water partition coefficient (Wildman–Crippen LogP) is 2.67. The number of benzene rings is 1. The van der Waals surface area contributed by atoms with Crippen LogP contribution in [-0.4, -0.2) is 0 Å². The van der Waals surface area contributed by atoms with Crippen LogP contribution in [0.25, 0.3) is 0 Å². The number of fused-ring (bicyclic) bond motifs is 1. The minimum atomic E-state index is 1.16. The van der Waals surface area contributed by atoms with Gasteiger partial charge < -0.3 is 0 Å². The molecular formula is C7H5N2S. The smallest absolute Gasteiger partial charge is 0.126 e. The second-order valence-corrected chi connectivity index (χ2v) is 2.74. The quantitative estimate of drug-likeness (QED) is 0.520. The van der Waals surface area contributed by atoms with E-state index in [1.54, 1.807) is 6.54 Å². The van der Waals surface area contributed by atoms with Crippen LogP contribution in [0.15, 0.2) is 38.8 Å². The van der Waals surface area contributed by atoms with E-state index in [0.29, 0.717) is 0 Å². The van der Waals surface area contributed by atoms with Crippen molar-refractivity contribution in [2.24, 2.45) is 9.63 Å². The van der Waals surface area contributed by atoms with Crippen LogP contribution in [0.2, 0.25) is 0 Å². The van der Waals surface area contributed by atoms with Crippen molar-refractivity contribution >= 4 is 11.9 Å². The van der Waals surface area contributed by atoms with Gasteiger partial charge >= 0.3 is 0 Å². The van der Waals surface area contributed by atoms with E-state index < -0.39 is 0 Å². The van der Waals surface area contributed by atoms with Crippen molar-refractivity contribution in [2.75, 3.05) is 0 Å². The highest BCUT2D eigenvalue weighted by Gasteiger charge is 2.04. The third-order valence-electron chi connectivity index (χ3n) is 1.30. The maximum absolute atomic E-state index is 3.80. The van der Waals surface area contributed by atoms with Gasteiger partial charge in [-0.2, -0.15) is 5.11 Å². The molecule has 0 saturated heterocycles. The van der Waals surface area contributed by atoms with Crippen LogP contribution in [0.5, 0.6) is 0 Å². The summed E-state index contributed by atoms with van der Waals surface area (Å²) >= 11 is 1.42. The number of hydrogen-bond acceptors (Lipinski definition) is 3. The molecule has 0 saturated carbocycles. The lowest BCUT2D eigenvalue weighted by molar-refractivity contribution is 1.14. The summed E-state index contributed by atoms with van der Waals surface area (Å²) in [4.78, 5) is 1.18. The zero-order valence-electron chi connectivity index (χ0n) is 5.19. The van der Waals surface area contributed by atoms with Crippen LogP contribution in [0.1, 0.15) is 5.56 Å². The van der Waals surface area contributed by atoms with E-state index in [4.69, 9.17) is 0 Å². The highest BCUT2D eigenvalue weighted by molar-refractivity contribution is 7.98. The lowest BCUT2D eigenvalue weighted by Crippen LogP contribution is -1.84. The Labute approximate surface area is 63.5 Å². The van der Waals surface area contributed by atoms with Gasteiger partial charge in [0.05, 0.1) is 0 Å². The summed E-state index contributed by atoms with van der Waals surface area (Å²) in [5.41, 5.74) is 1.16. The number of hydrogen-bond donors (Lipinski definition) is 0. The number of nitrogens with zero attached hydrogens (tertiary/aromatic N) is 2. The standard InChI is InChI=1S/C7H5N2S/c1-2-4-7-6(3-1)5-8-9-10-7/h1-5H. The van der Waals surface area contributed by atoms with Crippen molar-refractivity contribution in [1.82, 2.24) is 0 Å². The topological polar surface area (TPSA) is 24.7 Å². The van der Waals surface area contributed by atoms with Crippen LogP contribution in [0.3, 0.4) is 0 Å². The van der Waals surface area contributed by atoms with Gasteiger partial charge in [-0.1, -0.05) is 18.2 Å². The van der Waals surface area contributed by atoms with Gasteiger partial charge in [-0.15, -0.1) is 4.52 Å². The first-order valence-electron chi connectivity index (χ1n) is 2.96. The lowest BCUT2D eigenvalue weighted by atomic mass is 10.2. The van der Waals surface area contributed by atoms with Gasteiger partial charge in [-0.25, -0.2) is 0 Å². The first-order valence-corrected chi connectivity index (χ1v) is 3.73. The molecule has 1 aromatic carbocycles. The second-order valence-electron chi connectivity index (χ2n) is 1.96. The average molecular weight is 149 g/mol. The fourth-order valence-corrected chi connectivity index (χ4v) is 1.37. The molecule has 0 aliphatic carbocycles. The molecule has 49 valence electrons. The molecule has 2 nitrogen and oxygen atoms in total. The molecule has 0 aromatic heterocycles. The molecule has 0 bridgehead atoms. The Morgan fingerprint density at radius 1 is 1.20 bits per heavy atom. The summed E-state index contributed by atoms with van der Waals surface area (Å²) in [6.07, 6.45) is 0. The van der Waals surface area contributed by atoms with Crippen LogP contribution in [0, 0.1) is 6.54 Å². The van der Waals surface area contributed by atoms with Gasteiger partial charge in [0.1, 0.15) is 6.54 Å². The molecule has 1 radical (unpaired) electrons. The molecule has 1 aromatic rings. The zero-order valence-corrected chi connectivity index (χ0v) is 6.01. The van der Waals surface area contributed by atoms with E-state index in [1.807, 2.05) is 24.3 Å². The SMILES string of the molecule is [CH]1N=NSc2ccccc21. The van der Waals surface area contributed by atoms with Crippen molar-refractivity contribution in [3.63, 3.8) is 0 Å². The van der Waals surface area contributed by atoms with Crippen LogP contribution in [-0.2, 0) is 0 Å². The maximum atomic E-state index is 3.80. The van der Waals surface area contributed by atoms with Gasteiger partial charge in [0.15, 0.2) is 0 Å². The van der Waals surface area contributed by atoms with Gasteiger partial charge in [0.25, 0.3) is 0 Å². The van der Waals surface area contributed by atoms with Crippen molar-refractivity contribution in [3.8, 4) is 0 Å². The minimum absolute atomic E-state index is 1.16. The largest absolute Gasteiger partial charge is 0.171 e. The van der Waals surface area contributed by atoms with E-state index in [0.717, 1.165) is 5.56 Å². The molecule has 1 aliphatic heterocycles. The van der Waals surface area contributed by atoms with Crippen molar-refractivity contribution in [1.29, 1.82) is 0 Å². The second kappa shape index (κ2) is 2.42. The van der Waals surface area contributed by atoms with Crippen LogP contribution >= 0.6 is 11.9 Å². The summed E-state index contributed by atoms with van der Waals surface area (Å²) < 4.78 is 3.80. The summed E-state index contributed by atoms with van der Waals surface area (Å²) in [6.45, 7) is 1.77. The van der Waals surface area contributed by atoms with E-state index in [-0.39, 0.29) is 0 Å². The molecule has 3 heteroatoms. The monoisotopic (exact) mass is 149 g/mol. The van der Waals surface area contributed by atoms with Crippen LogP contribution < -0.4 is 0 Å². The molecule has 1 aliphatic rings. The van der Waals surface area contributed by atoms with Gasteiger partial charge in [-0.3, -0.25) is 0 Å². The highest BCUT2D eigenvalue weighted by Crippen LogP contribution is 2.29. The summed E-state index contributed by atoms with van der Waals surface area (Å²) in [7, 11) is 0. The molecule has 10 heavy (non-hydrogen) atoms. The third-order valence-corrected chi connectivity index (χ3v) is 2.05. The molecule has 0 amide bonds. The molecule has 0 unspecified atom stereocenters. The average Bonchev–Trinajstić information content (AvgIpc) is 2.05. The molecule has 0 N–H and O–H groups in total. The molecular weight excluding hydrogens is 144 g/mol. The molecule has 0 atom stereocenters. The van der Waals surface area contributed by atoms with Crippen molar-refractivity contribution < 1.29 is 0 Å². The fraction of sp³-hybridized carbons (Fsp3) is 0. The maximum Gasteiger partial charge on any atom is 0.126 e. The van der Waals surface area contributed by atoms with Crippen LogP contribution in [0.4, 0.5) is 0 Å². The Balaban J connectivity index is 2.47. The number of rotatable bonds is 0. The van der Waals surface area contributed by atoms with E-state index >= 15 is 0 Å². The first-order chi connectivity index (χ1) is 4.97. The summed E-state index contributed by atoms with van der Waals surface area (Å²) in [5, 5.41) is 3.78. The molecule has 0 fully saturated rings. The van der Waals surface area contributed by atoms with Gasteiger partial charge in [-0.05, 0) is 11.6 Å². The molecule has 2 rings (SSSR count). The molecule has 1 heterocycles. The van der Waals surface area contributed by atoms with Gasteiger partial charge in [0.2, 0.25) is 0 Å². The Bertz CT molecular complexity index is 243. The van der Waals surface area contributed by atoms with Gasteiger partial charge in [0, 0.05) is 16.8 Å². The third kappa shape index (κ3) is 0.926. The zero-order chi connectivity index (χ0) is 6.81. The minimum Gasteiger partial charge on any atom is -0.171 e. The normalized spacial score (nSPS) is 14.8. The van der Waals surface area contributed by atoms with E-state index in [9.17, 15) is 0 Å². The lowest BCUT2D eigenvalue weighted by Gasteiger charge is -2.04. The highest BCUT2D eigenvalue weighted by atomic mass is 32.2. The first kappa shape index (κ1) is 5.92. The van der Waals surface area contributed by atoms with E-state index in [2.05, 4.69) is 9.63 Å². The fourth-order valence-electron chi connectivity index (χ4n) is 0.824. The predicted molar refractivity (Wildman–Crippen MR) is 40.6 cm³/mol. The molecule has 0 spiro atoms. The Hall–Kier alpha value is -0.830. The Kier molecular flexibility index (Phi) is 1.43. The Morgan fingerprint density at radius 2 is 2.10 bits per heavy atom. The Morgan fingerprint density at radius 3 is 3.00 bits per heavy atom.